The molecule has 3 heterocycles. The van der Waals surface area contributed by atoms with E-state index in [0.29, 0.717) is 16.1 Å². The molecule has 0 radical (unpaired) electrons. The molecule has 1 N–H and O–H groups in total. The minimum Gasteiger partial charge on any atom is -0.364 e. The van der Waals surface area contributed by atoms with Gasteiger partial charge < -0.3 is 10.2 Å². The quantitative estimate of drug-likeness (QED) is 0.716. The highest BCUT2D eigenvalue weighted by atomic mass is 35.5. The van der Waals surface area contributed by atoms with Gasteiger partial charge in [-0.1, -0.05) is 23.2 Å². The molecule has 0 aliphatic carbocycles. The second kappa shape index (κ2) is 7.35. The number of pyridine rings is 1. The summed E-state index contributed by atoms with van der Waals surface area (Å²) in [6.07, 6.45) is 5.89. The zero-order chi connectivity index (χ0) is 18.1. The summed E-state index contributed by atoms with van der Waals surface area (Å²) in [6.45, 7) is 2.13. The molecular formula is C19H19Cl2N5. The van der Waals surface area contributed by atoms with Crippen molar-refractivity contribution in [1.82, 2.24) is 20.1 Å². The van der Waals surface area contributed by atoms with Crippen molar-refractivity contribution in [2.75, 3.05) is 25.5 Å². The number of rotatable bonds is 3. The number of fused-ring (bicyclic) bond motifs is 1. The van der Waals surface area contributed by atoms with E-state index in [1.807, 2.05) is 24.4 Å². The van der Waals surface area contributed by atoms with Gasteiger partial charge in [-0.05, 0) is 50.7 Å². The van der Waals surface area contributed by atoms with Crippen molar-refractivity contribution >= 4 is 39.8 Å². The highest BCUT2D eigenvalue weighted by molar-refractivity contribution is 6.36. The first-order chi connectivity index (χ1) is 12.6. The first kappa shape index (κ1) is 17.5. The third-order valence-electron chi connectivity index (χ3n) is 4.73. The van der Waals surface area contributed by atoms with Crippen molar-refractivity contribution in [3.63, 3.8) is 0 Å². The average molecular weight is 388 g/mol. The first-order valence-corrected chi connectivity index (χ1v) is 9.38. The van der Waals surface area contributed by atoms with E-state index >= 15 is 0 Å². The van der Waals surface area contributed by atoms with E-state index in [2.05, 4.69) is 32.4 Å². The molecule has 5 nitrogen and oxygen atoms in total. The Bertz CT molecular complexity index is 946. The Kier molecular flexibility index (Phi) is 4.94. The van der Waals surface area contributed by atoms with Crippen LogP contribution in [0.1, 0.15) is 12.8 Å². The van der Waals surface area contributed by atoms with Crippen LogP contribution in [0.5, 0.6) is 0 Å². The monoisotopic (exact) mass is 387 g/mol. The zero-order valence-electron chi connectivity index (χ0n) is 14.4. The standard InChI is InChI=1S/C19H19Cl2N5/c1-26-8-2-3-13(11-26)23-19-16-10-22-7-6-14(16)18(24-25-19)15-5-4-12(20)9-17(15)21/h4-7,9-10,13H,2-3,8,11H2,1H3,(H,23,25). The zero-order valence-corrected chi connectivity index (χ0v) is 15.9. The van der Waals surface area contributed by atoms with Crippen LogP contribution in [0.25, 0.3) is 22.0 Å². The second-order valence-electron chi connectivity index (χ2n) is 6.69. The van der Waals surface area contributed by atoms with E-state index in [0.717, 1.165) is 47.4 Å². The number of hydrogen-bond donors (Lipinski definition) is 1. The molecular weight excluding hydrogens is 369 g/mol. The minimum absolute atomic E-state index is 0.358. The maximum atomic E-state index is 6.39. The lowest BCUT2D eigenvalue weighted by atomic mass is 10.0. The fraction of sp³-hybridized carbons (Fsp3) is 0.316. The van der Waals surface area contributed by atoms with Gasteiger partial charge in [-0.25, -0.2) is 0 Å². The minimum atomic E-state index is 0.358. The van der Waals surface area contributed by atoms with Crippen molar-refractivity contribution in [1.29, 1.82) is 0 Å². The number of halogens is 2. The third kappa shape index (κ3) is 3.47. The largest absolute Gasteiger partial charge is 0.364 e. The molecule has 0 amide bonds. The number of aromatic nitrogens is 3. The van der Waals surface area contributed by atoms with Gasteiger partial charge in [0, 0.05) is 46.3 Å². The summed E-state index contributed by atoms with van der Waals surface area (Å²) in [4.78, 5) is 6.61. The predicted molar refractivity (Wildman–Crippen MR) is 107 cm³/mol. The molecule has 134 valence electrons. The fourth-order valence-corrected chi connectivity index (χ4v) is 3.96. The molecule has 0 saturated carbocycles. The lowest BCUT2D eigenvalue weighted by molar-refractivity contribution is 0.261. The number of likely N-dealkylation sites (N-methyl/N-ethyl adjacent to an activating group) is 1. The lowest BCUT2D eigenvalue weighted by Gasteiger charge is -2.30. The highest BCUT2D eigenvalue weighted by Gasteiger charge is 2.20. The smallest absolute Gasteiger partial charge is 0.158 e. The molecule has 4 rings (SSSR count). The fourth-order valence-electron chi connectivity index (χ4n) is 3.46. The summed E-state index contributed by atoms with van der Waals surface area (Å²) in [5.74, 6) is 0.766. The Morgan fingerprint density at radius 1 is 1.15 bits per heavy atom. The summed E-state index contributed by atoms with van der Waals surface area (Å²) in [6, 6.07) is 7.70. The van der Waals surface area contributed by atoms with Crippen molar-refractivity contribution in [3.8, 4) is 11.3 Å². The van der Waals surface area contributed by atoms with Gasteiger partial charge in [0.25, 0.3) is 0 Å². The van der Waals surface area contributed by atoms with Gasteiger partial charge in [-0.15, -0.1) is 10.2 Å². The molecule has 1 aliphatic rings. The molecule has 1 saturated heterocycles. The highest BCUT2D eigenvalue weighted by Crippen LogP contribution is 2.34. The van der Waals surface area contributed by atoms with Crippen LogP contribution in [0.4, 0.5) is 5.82 Å². The number of nitrogens with one attached hydrogen (secondary N) is 1. The first-order valence-electron chi connectivity index (χ1n) is 8.63. The van der Waals surface area contributed by atoms with E-state index < -0.39 is 0 Å². The van der Waals surface area contributed by atoms with Gasteiger partial charge in [0.05, 0.1) is 5.02 Å². The van der Waals surface area contributed by atoms with Crippen LogP contribution in [0, 0.1) is 0 Å². The van der Waals surface area contributed by atoms with Gasteiger partial charge in [-0.3, -0.25) is 4.98 Å². The van der Waals surface area contributed by atoms with Crippen molar-refractivity contribution in [2.45, 2.75) is 18.9 Å². The van der Waals surface area contributed by atoms with Crippen LogP contribution in [0.3, 0.4) is 0 Å². The Labute approximate surface area is 162 Å². The van der Waals surface area contributed by atoms with Crippen LogP contribution in [0.2, 0.25) is 10.0 Å². The van der Waals surface area contributed by atoms with Crippen LogP contribution < -0.4 is 5.32 Å². The SMILES string of the molecule is CN1CCCC(Nc2nnc(-c3ccc(Cl)cc3Cl)c3ccncc23)C1. The van der Waals surface area contributed by atoms with Crippen LogP contribution in [-0.2, 0) is 0 Å². The molecule has 7 heteroatoms. The van der Waals surface area contributed by atoms with E-state index in [4.69, 9.17) is 23.2 Å². The maximum Gasteiger partial charge on any atom is 0.158 e. The maximum absolute atomic E-state index is 6.39. The molecule has 26 heavy (non-hydrogen) atoms. The molecule has 1 atom stereocenters. The van der Waals surface area contributed by atoms with Gasteiger partial charge in [0.2, 0.25) is 0 Å². The number of nitrogens with zero attached hydrogens (tertiary/aromatic N) is 4. The summed E-state index contributed by atoms with van der Waals surface area (Å²) in [5.41, 5.74) is 1.54. The topological polar surface area (TPSA) is 53.9 Å². The Morgan fingerprint density at radius 3 is 2.85 bits per heavy atom. The number of piperidine rings is 1. The van der Waals surface area contributed by atoms with Crippen LogP contribution in [-0.4, -0.2) is 46.3 Å². The predicted octanol–water partition coefficient (Wildman–Crippen LogP) is 4.50. The van der Waals surface area contributed by atoms with Gasteiger partial charge in [0.1, 0.15) is 5.69 Å². The molecule has 1 unspecified atom stereocenters. The molecule has 1 aliphatic heterocycles. The summed E-state index contributed by atoms with van der Waals surface area (Å²) < 4.78 is 0. The molecule has 2 aromatic heterocycles. The Hall–Kier alpha value is -1.95. The van der Waals surface area contributed by atoms with Crippen LogP contribution in [0.15, 0.2) is 36.7 Å². The molecule has 0 spiro atoms. The van der Waals surface area contributed by atoms with E-state index in [1.54, 1.807) is 12.3 Å². The third-order valence-corrected chi connectivity index (χ3v) is 5.28. The summed E-state index contributed by atoms with van der Waals surface area (Å²) in [7, 11) is 2.14. The molecule has 0 bridgehead atoms. The summed E-state index contributed by atoms with van der Waals surface area (Å²) >= 11 is 12.4. The molecule has 1 aromatic carbocycles. The van der Waals surface area contributed by atoms with Crippen molar-refractivity contribution < 1.29 is 0 Å². The lowest BCUT2D eigenvalue weighted by Crippen LogP contribution is -2.40. The van der Waals surface area contributed by atoms with Crippen molar-refractivity contribution in [3.05, 3.63) is 46.7 Å². The van der Waals surface area contributed by atoms with Crippen LogP contribution >= 0.6 is 23.2 Å². The number of anilines is 1. The molecule has 1 fully saturated rings. The second-order valence-corrected chi connectivity index (χ2v) is 7.53. The average Bonchev–Trinajstić information content (AvgIpc) is 2.63. The van der Waals surface area contributed by atoms with Gasteiger partial charge in [-0.2, -0.15) is 0 Å². The van der Waals surface area contributed by atoms with E-state index in [9.17, 15) is 0 Å². The number of hydrogen-bond acceptors (Lipinski definition) is 5. The Morgan fingerprint density at radius 2 is 2.04 bits per heavy atom. The van der Waals surface area contributed by atoms with Gasteiger partial charge >= 0.3 is 0 Å². The van der Waals surface area contributed by atoms with Crippen molar-refractivity contribution in [2.24, 2.45) is 0 Å². The normalized spacial score (nSPS) is 18.2. The Balaban J connectivity index is 1.76. The van der Waals surface area contributed by atoms with Gasteiger partial charge in [0.15, 0.2) is 5.82 Å². The molecule has 3 aromatic rings. The number of benzene rings is 1. The van der Waals surface area contributed by atoms with E-state index in [-0.39, 0.29) is 0 Å². The number of likely N-dealkylation sites (tertiary alicyclic amines) is 1. The van der Waals surface area contributed by atoms with E-state index in [1.165, 1.54) is 6.42 Å². The summed E-state index contributed by atoms with van der Waals surface area (Å²) in [5, 5.41) is 15.5.